The molecule has 0 aromatic rings. The number of hydrogen-bond donors (Lipinski definition) is 0. The Balaban J connectivity index is 0.00000200. The summed E-state index contributed by atoms with van der Waals surface area (Å²) < 4.78 is 3.54. The zero-order valence-electron chi connectivity index (χ0n) is 14.0. The molecule has 0 heterocycles. The second-order valence-corrected chi connectivity index (χ2v) is 19.9. The van der Waals surface area contributed by atoms with E-state index in [1.807, 2.05) is 0 Å². The maximum absolute atomic E-state index is 2.48. The largest absolute Gasteiger partial charge is 1.00 e. The molecule has 3 heteroatoms. The van der Waals surface area contributed by atoms with Crippen molar-refractivity contribution in [2.75, 3.05) is 0 Å². The summed E-state index contributed by atoms with van der Waals surface area (Å²) in [7, 11) is -2.30. The topological polar surface area (TPSA) is 0 Å². The van der Waals surface area contributed by atoms with Gasteiger partial charge in [0.25, 0.3) is 0 Å². The molecular formula is C16H27Si2Yb. The summed E-state index contributed by atoms with van der Waals surface area (Å²) in [5.74, 6) is 0. The van der Waals surface area contributed by atoms with Gasteiger partial charge in [0.15, 0.2) is 0 Å². The standard InChI is InChI=1S/2C8H13Si.Yb.H/c2*1-9(2,3)8-6-4-5-7-8;;/h2*4,6H,5H2,1-3H3;;/q;;+1;-1. The Labute approximate surface area is 145 Å². The van der Waals surface area contributed by atoms with Gasteiger partial charge in [-0.1, -0.05) is 0 Å². The van der Waals surface area contributed by atoms with Gasteiger partial charge in [0.2, 0.25) is 0 Å². The molecule has 2 aliphatic carbocycles. The third-order valence-electron chi connectivity index (χ3n) is 3.42. The van der Waals surface area contributed by atoms with Crippen LogP contribution in [0.2, 0.25) is 39.3 Å². The van der Waals surface area contributed by atoms with Crippen LogP contribution in [0.25, 0.3) is 0 Å². The molecule has 113 valence electrons. The molecule has 0 radical (unpaired) electrons. The molecule has 0 nitrogen and oxygen atoms in total. The van der Waals surface area contributed by atoms with Crippen LogP contribution in [0.1, 0.15) is 14.3 Å². The summed E-state index contributed by atoms with van der Waals surface area (Å²) >= 11 is 0.667. The van der Waals surface area contributed by atoms with Gasteiger partial charge in [0, 0.05) is 0 Å². The van der Waals surface area contributed by atoms with E-state index in [1.165, 1.54) is 12.8 Å². The maximum Gasteiger partial charge on any atom is -1.00 e. The minimum Gasteiger partial charge on any atom is -1.00 e. The second kappa shape index (κ2) is 5.96. The van der Waals surface area contributed by atoms with Gasteiger partial charge in [-0.2, -0.15) is 0 Å². The molecule has 0 atom stereocenters. The molecule has 0 amide bonds. The Kier molecular flexibility index (Phi) is 5.11. The molecule has 0 aromatic carbocycles. The van der Waals surface area contributed by atoms with Crippen LogP contribution in [-0.2, 0) is 0 Å². The van der Waals surface area contributed by atoms with Crippen molar-refractivity contribution in [3.8, 4) is 0 Å². The minimum absolute atomic E-state index is 0. The molecule has 2 rings (SSSR count). The summed E-state index contributed by atoms with van der Waals surface area (Å²) in [6.07, 6.45) is 12.1. The van der Waals surface area contributed by atoms with Crippen molar-refractivity contribution in [1.29, 1.82) is 0 Å². The molecule has 0 aromatic heterocycles. The van der Waals surface area contributed by atoms with Gasteiger partial charge in [-0.05, 0) is 0 Å². The van der Waals surface area contributed by atoms with E-state index >= 15 is 0 Å². The fourth-order valence-electron chi connectivity index (χ4n) is 2.37. The summed E-state index contributed by atoms with van der Waals surface area (Å²) in [6.45, 7) is 14.9. The molecule has 0 saturated heterocycles. The number of allylic oxidation sites excluding steroid dienone is 8. The van der Waals surface area contributed by atoms with Crippen LogP contribution in [0, 0.1) is 42.4 Å². The quantitative estimate of drug-likeness (QED) is 0.508. The second-order valence-electron chi connectivity index (χ2n) is 7.28. The van der Waals surface area contributed by atoms with E-state index in [4.69, 9.17) is 0 Å². The Morgan fingerprint density at radius 3 is 1.47 bits per heavy atom. The van der Waals surface area contributed by atoms with Crippen LogP contribution in [0.4, 0.5) is 0 Å². The SMILES string of the molecule is C[Si](C)(C)C1=[C]([Yb+][C]2=C([Si](C)(C)C)C=CC2)CC=C1.[H-]. The smallest absolute Gasteiger partial charge is 1.00 e. The van der Waals surface area contributed by atoms with E-state index < -0.39 is 16.1 Å². The van der Waals surface area contributed by atoms with Crippen LogP contribution in [-0.4, -0.2) is 16.1 Å². The van der Waals surface area contributed by atoms with E-state index in [0.717, 1.165) is 0 Å². The van der Waals surface area contributed by atoms with Crippen LogP contribution in [0.5, 0.6) is 0 Å². The Hall–Kier alpha value is 0.913. The summed E-state index contributed by atoms with van der Waals surface area (Å²) in [5, 5.41) is 3.47. The van der Waals surface area contributed by atoms with Gasteiger partial charge in [-0.3, -0.25) is 0 Å². The van der Waals surface area contributed by atoms with Gasteiger partial charge < -0.3 is 1.43 Å². The van der Waals surface area contributed by atoms with Crippen LogP contribution in [0.15, 0.2) is 35.4 Å². The number of rotatable bonds is 4. The number of hydrogen-bond acceptors (Lipinski definition) is 0. The van der Waals surface area contributed by atoms with Gasteiger partial charge in [-0.25, -0.2) is 0 Å². The molecule has 0 saturated carbocycles. The van der Waals surface area contributed by atoms with Crippen LogP contribution >= 0.6 is 0 Å². The van der Waals surface area contributed by atoms with Gasteiger partial charge in [0.1, 0.15) is 0 Å². The molecule has 0 bridgehead atoms. The van der Waals surface area contributed by atoms with Gasteiger partial charge in [-0.15, -0.1) is 0 Å². The van der Waals surface area contributed by atoms with Gasteiger partial charge in [0.05, 0.1) is 0 Å². The third-order valence-corrected chi connectivity index (χ3v) is 11.0. The zero-order valence-corrected chi connectivity index (χ0v) is 16.7. The first-order chi connectivity index (χ1) is 8.69. The van der Waals surface area contributed by atoms with Crippen molar-refractivity contribution in [3.63, 3.8) is 0 Å². The Morgan fingerprint density at radius 1 is 0.789 bits per heavy atom. The van der Waals surface area contributed by atoms with Crippen molar-refractivity contribution >= 4 is 16.1 Å². The monoisotopic (exact) mass is 449 g/mol. The normalized spacial score (nSPS) is 20.3. The first-order valence-corrected chi connectivity index (χ1v) is 15.7. The van der Waals surface area contributed by atoms with E-state index in [1.54, 1.807) is 11.1 Å². The zero-order chi connectivity index (χ0) is 14.3. The van der Waals surface area contributed by atoms with E-state index in [0.29, 0.717) is 42.4 Å². The average molecular weight is 449 g/mol. The molecule has 0 aliphatic heterocycles. The fraction of sp³-hybridized carbons (Fsp3) is 0.500. The third kappa shape index (κ3) is 3.97. The van der Waals surface area contributed by atoms with Crippen LogP contribution in [0.3, 0.4) is 0 Å². The van der Waals surface area contributed by atoms with Crippen LogP contribution < -0.4 is 0 Å². The first-order valence-electron chi connectivity index (χ1n) is 7.03. The minimum atomic E-state index is -1.15. The van der Waals surface area contributed by atoms with E-state index in [-0.39, 0.29) is 1.43 Å². The van der Waals surface area contributed by atoms with E-state index in [2.05, 4.69) is 63.6 Å². The Morgan fingerprint density at radius 2 is 1.16 bits per heavy atom. The first kappa shape index (κ1) is 16.3. The predicted octanol–water partition coefficient (Wildman–Crippen LogP) is 5.37. The molecule has 0 N–H and O–H groups in total. The van der Waals surface area contributed by atoms with Crippen molar-refractivity contribution < 1.29 is 43.8 Å². The maximum atomic E-state index is 2.48. The summed E-state index contributed by atoms with van der Waals surface area (Å²) in [6, 6.07) is 0. The van der Waals surface area contributed by atoms with Crippen molar-refractivity contribution in [1.82, 2.24) is 0 Å². The van der Waals surface area contributed by atoms with Crippen molar-refractivity contribution in [2.24, 2.45) is 0 Å². The summed E-state index contributed by atoms with van der Waals surface area (Å²) in [5.41, 5.74) is 0. The summed E-state index contributed by atoms with van der Waals surface area (Å²) in [4.78, 5) is 0. The van der Waals surface area contributed by atoms with E-state index in [9.17, 15) is 0 Å². The molecular weight excluding hydrogens is 421 g/mol. The average Bonchev–Trinajstić information content (AvgIpc) is 2.83. The predicted molar refractivity (Wildman–Crippen MR) is 89.4 cm³/mol. The molecule has 0 fully saturated rings. The Bertz CT molecular complexity index is 454. The molecule has 0 unspecified atom stereocenters. The molecule has 2 aliphatic rings. The van der Waals surface area contributed by atoms with Crippen molar-refractivity contribution in [2.45, 2.75) is 52.1 Å². The van der Waals surface area contributed by atoms with Crippen molar-refractivity contribution in [3.05, 3.63) is 35.4 Å². The molecule has 19 heavy (non-hydrogen) atoms. The molecule has 0 spiro atoms. The van der Waals surface area contributed by atoms with Gasteiger partial charge >= 0.3 is 146 Å². The fourth-order valence-corrected chi connectivity index (χ4v) is 11.8.